The Kier molecular flexibility index (Phi) is 5.97. The fourth-order valence-corrected chi connectivity index (χ4v) is 4.46. The lowest BCUT2D eigenvalue weighted by Gasteiger charge is -2.17. The number of methoxy groups -OCH3 is 2. The van der Waals surface area contributed by atoms with E-state index in [9.17, 15) is 14.9 Å². The summed E-state index contributed by atoms with van der Waals surface area (Å²) in [5.41, 5.74) is 1.04. The number of thioether (sulfide) groups is 1. The summed E-state index contributed by atoms with van der Waals surface area (Å²) in [7, 11) is 2.96. The van der Waals surface area contributed by atoms with Crippen LogP contribution >= 0.6 is 24.0 Å². The molecule has 1 saturated heterocycles. The number of non-ortho nitro benzene ring substituents is 1. The van der Waals surface area contributed by atoms with E-state index in [1.165, 1.54) is 31.3 Å². The highest BCUT2D eigenvalue weighted by Gasteiger charge is 2.35. The maximum absolute atomic E-state index is 13.0. The molecular weight excluding hydrogens is 452 g/mol. The predicted molar refractivity (Wildman–Crippen MR) is 126 cm³/mol. The van der Waals surface area contributed by atoms with Crippen molar-refractivity contribution in [2.75, 3.05) is 19.1 Å². The van der Waals surface area contributed by atoms with Crippen molar-refractivity contribution in [3.8, 4) is 22.8 Å². The van der Waals surface area contributed by atoms with E-state index in [2.05, 4.69) is 0 Å². The van der Waals surface area contributed by atoms with E-state index in [-0.39, 0.29) is 11.6 Å². The number of thiocarbonyl (C=S) groups is 1. The number of rotatable bonds is 6. The van der Waals surface area contributed by atoms with Crippen LogP contribution in [-0.4, -0.2) is 29.4 Å². The summed E-state index contributed by atoms with van der Waals surface area (Å²) in [6.07, 6.45) is 1.61. The fraction of sp³-hybridized carbons (Fsp3) is 0.0909. The summed E-state index contributed by atoms with van der Waals surface area (Å²) in [5.74, 6) is 1.44. The monoisotopic (exact) mass is 468 g/mol. The first kappa shape index (κ1) is 21.6. The van der Waals surface area contributed by atoms with Crippen molar-refractivity contribution in [1.82, 2.24) is 0 Å². The molecule has 3 aromatic rings. The van der Waals surface area contributed by atoms with Gasteiger partial charge in [-0.2, -0.15) is 0 Å². The van der Waals surface area contributed by atoms with E-state index in [0.29, 0.717) is 43.5 Å². The number of carbonyl (C=O) groups is 1. The lowest BCUT2D eigenvalue weighted by atomic mass is 10.1. The number of hydrogen-bond donors (Lipinski definition) is 0. The van der Waals surface area contributed by atoms with Crippen LogP contribution in [0.25, 0.3) is 17.4 Å². The third-order valence-electron chi connectivity index (χ3n) is 4.68. The number of nitrogens with zero attached hydrogens (tertiary/aromatic N) is 2. The van der Waals surface area contributed by atoms with E-state index in [4.69, 9.17) is 26.1 Å². The summed E-state index contributed by atoms with van der Waals surface area (Å²) in [4.78, 5) is 25.4. The van der Waals surface area contributed by atoms with Gasteiger partial charge in [0.05, 0.1) is 41.4 Å². The minimum Gasteiger partial charge on any atom is -0.496 e. The van der Waals surface area contributed by atoms with Crippen molar-refractivity contribution < 1.29 is 23.6 Å². The minimum absolute atomic E-state index is 0.0857. The number of nitro benzene ring substituents is 1. The van der Waals surface area contributed by atoms with E-state index < -0.39 is 4.92 Å². The number of anilines is 1. The molecule has 0 bridgehead atoms. The van der Waals surface area contributed by atoms with Crippen molar-refractivity contribution in [1.29, 1.82) is 0 Å². The molecule has 32 heavy (non-hydrogen) atoms. The van der Waals surface area contributed by atoms with Gasteiger partial charge in [-0.25, -0.2) is 0 Å². The average Bonchev–Trinajstić information content (AvgIpc) is 3.37. The Morgan fingerprint density at radius 3 is 2.56 bits per heavy atom. The molecule has 1 aliphatic rings. The Morgan fingerprint density at radius 2 is 1.84 bits per heavy atom. The van der Waals surface area contributed by atoms with Crippen LogP contribution < -0.4 is 14.4 Å². The fourth-order valence-electron chi connectivity index (χ4n) is 3.19. The molecule has 2 heterocycles. The topological polar surface area (TPSA) is 95.0 Å². The largest absolute Gasteiger partial charge is 0.496 e. The van der Waals surface area contributed by atoms with Crippen LogP contribution in [0.3, 0.4) is 0 Å². The van der Waals surface area contributed by atoms with Crippen LogP contribution in [0.4, 0.5) is 11.4 Å². The summed E-state index contributed by atoms with van der Waals surface area (Å²) < 4.78 is 16.9. The Morgan fingerprint density at radius 1 is 1.09 bits per heavy atom. The van der Waals surface area contributed by atoms with Gasteiger partial charge in [-0.05, 0) is 30.3 Å². The molecule has 0 unspecified atom stereocenters. The van der Waals surface area contributed by atoms with Gasteiger partial charge < -0.3 is 13.9 Å². The van der Waals surface area contributed by atoms with E-state index in [1.807, 2.05) is 6.07 Å². The highest BCUT2D eigenvalue weighted by Crippen LogP contribution is 2.40. The van der Waals surface area contributed by atoms with Gasteiger partial charge in [0, 0.05) is 12.1 Å². The van der Waals surface area contributed by atoms with E-state index >= 15 is 0 Å². The van der Waals surface area contributed by atoms with Crippen LogP contribution in [0.2, 0.25) is 0 Å². The molecule has 162 valence electrons. The van der Waals surface area contributed by atoms with Crippen LogP contribution in [0.15, 0.2) is 63.9 Å². The number of nitro groups is 1. The lowest BCUT2D eigenvalue weighted by Crippen LogP contribution is -2.27. The second-order valence-corrected chi connectivity index (χ2v) is 8.21. The molecule has 1 fully saturated rings. The predicted octanol–water partition coefficient (Wildman–Crippen LogP) is 5.28. The number of para-hydroxylation sites is 2. The molecule has 8 nitrogen and oxygen atoms in total. The zero-order valence-electron chi connectivity index (χ0n) is 16.9. The maximum atomic E-state index is 13.0. The molecular formula is C22H16N2O6S2. The Hall–Kier alpha value is -3.63. The van der Waals surface area contributed by atoms with Gasteiger partial charge >= 0.3 is 0 Å². The average molecular weight is 469 g/mol. The second kappa shape index (κ2) is 8.85. The number of amides is 1. The summed E-state index contributed by atoms with van der Waals surface area (Å²) in [5, 5.41) is 11.0. The zero-order chi connectivity index (χ0) is 22.8. The molecule has 1 aliphatic heterocycles. The molecule has 0 radical (unpaired) electrons. The summed E-state index contributed by atoms with van der Waals surface area (Å²) in [6.45, 7) is 0. The molecule has 0 atom stereocenters. The molecule has 0 N–H and O–H groups in total. The molecule has 10 heteroatoms. The van der Waals surface area contributed by atoms with E-state index in [1.54, 1.807) is 42.5 Å². The first-order valence-electron chi connectivity index (χ1n) is 9.26. The molecule has 1 amide bonds. The Labute approximate surface area is 192 Å². The van der Waals surface area contributed by atoms with Gasteiger partial charge in [-0.1, -0.05) is 36.1 Å². The van der Waals surface area contributed by atoms with Crippen molar-refractivity contribution >= 4 is 51.7 Å². The summed E-state index contributed by atoms with van der Waals surface area (Å²) >= 11 is 6.58. The molecule has 2 aromatic carbocycles. The van der Waals surface area contributed by atoms with Crippen LogP contribution in [0.1, 0.15) is 5.76 Å². The van der Waals surface area contributed by atoms with Crippen molar-refractivity contribution in [3.63, 3.8) is 0 Å². The number of benzene rings is 2. The summed E-state index contributed by atoms with van der Waals surface area (Å²) in [6, 6.07) is 14.8. The maximum Gasteiger partial charge on any atom is 0.273 e. The molecule has 0 saturated carbocycles. The standard InChI is InChI=1S/C22H16N2O6S2/c1-28-18-6-4-3-5-16(18)23-21(25)20(32-22(23)31)12-14-8-10-17(30-14)15-9-7-13(24(26)27)11-19(15)29-2/h3-12H,1-2H3/b20-12+. The lowest BCUT2D eigenvalue weighted by molar-refractivity contribution is -0.384. The second-order valence-electron chi connectivity index (χ2n) is 6.53. The first-order valence-corrected chi connectivity index (χ1v) is 10.5. The highest BCUT2D eigenvalue weighted by molar-refractivity contribution is 8.27. The van der Waals surface area contributed by atoms with Crippen LogP contribution in [0.5, 0.6) is 11.5 Å². The molecule has 1 aromatic heterocycles. The molecule has 0 spiro atoms. The number of hydrogen-bond acceptors (Lipinski definition) is 8. The van der Waals surface area contributed by atoms with Gasteiger partial charge in [0.2, 0.25) is 0 Å². The number of ether oxygens (including phenoxy) is 2. The first-order chi connectivity index (χ1) is 15.4. The Balaban J connectivity index is 1.64. The normalized spacial score (nSPS) is 14.8. The smallest absolute Gasteiger partial charge is 0.273 e. The van der Waals surface area contributed by atoms with Gasteiger partial charge in [-0.3, -0.25) is 19.8 Å². The van der Waals surface area contributed by atoms with Crippen molar-refractivity contribution in [2.45, 2.75) is 0 Å². The van der Waals surface area contributed by atoms with Gasteiger partial charge in [0.15, 0.2) is 4.32 Å². The van der Waals surface area contributed by atoms with E-state index in [0.717, 1.165) is 11.8 Å². The highest BCUT2D eigenvalue weighted by atomic mass is 32.2. The number of carbonyl (C=O) groups excluding carboxylic acids is 1. The van der Waals surface area contributed by atoms with Gasteiger partial charge in [-0.15, -0.1) is 0 Å². The Bertz CT molecular complexity index is 1270. The van der Waals surface area contributed by atoms with Crippen LogP contribution in [-0.2, 0) is 4.79 Å². The zero-order valence-corrected chi connectivity index (χ0v) is 18.6. The van der Waals surface area contributed by atoms with Gasteiger partial charge in [0.25, 0.3) is 11.6 Å². The van der Waals surface area contributed by atoms with Crippen LogP contribution in [0, 0.1) is 10.1 Å². The van der Waals surface area contributed by atoms with Crippen molar-refractivity contribution in [2.24, 2.45) is 0 Å². The quantitative estimate of drug-likeness (QED) is 0.209. The molecule has 0 aliphatic carbocycles. The third-order valence-corrected chi connectivity index (χ3v) is 5.98. The minimum atomic E-state index is -0.496. The number of furan rings is 1. The molecule has 4 rings (SSSR count). The van der Waals surface area contributed by atoms with Gasteiger partial charge in [0.1, 0.15) is 23.0 Å². The third kappa shape index (κ3) is 3.97. The SMILES string of the molecule is COc1cc([N+](=O)[O-])ccc1-c1ccc(/C=C2/SC(=S)N(c3ccccc3OC)C2=O)o1. The van der Waals surface area contributed by atoms with Crippen molar-refractivity contribution in [3.05, 3.63) is 75.4 Å².